The fraction of sp³-hybridized carbons (Fsp3) is 0.138. The van der Waals surface area contributed by atoms with E-state index in [1.54, 1.807) is 12.1 Å². The second kappa shape index (κ2) is 9.29. The number of benzene rings is 4. The lowest BCUT2D eigenvalue weighted by atomic mass is 10.2. The Labute approximate surface area is 195 Å². The standard InChI is InChI=1S/C29H26FNOP/c30-27-19-11-10-12-23(27)22-31-21-20-28(29(31)32)33(24-13-4-1-5-14-24,25-15-6-2-7-16-25)26-17-8-3-9-18-26/h1-19,28H,20-22H2/q+1. The van der Waals surface area contributed by atoms with E-state index in [4.69, 9.17) is 0 Å². The average molecular weight is 455 g/mol. The monoisotopic (exact) mass is 454 g/mol. The number of nitrogens with zero attached hydrogens (tertiary/aromatic N) is 1. The summed E-state index contributed by atoms with van der Waals surface area (Å²) in [5, 5.41) is 3.61. The zero-order valence-electron chi connectivity index (χ0n) is 18.3. The van der Waals surface area contributed by atoms with E-state index in [1.165, 1.54) is 22.0 Å². The van der Waals surface area contributed by atoms with Crippen LogP contribution in [0.2, 0.25) is 0 Å². The predicted octanol–water partition coefficient (Wildman–Crippen LogP) is 4.92. The van der Waals surface area contributed by atoms with Gasteiger partial charge in [0, 0.05) is 25.1 Å². The molecule has 0 bridgehead atoms. The average Bonchev–Trinajstić information content (AvgIpc) is 3.23. The van der Waals surface area contributed by atoms with Gasteiger partial charge in [-0.15, -0.1) is 0 Å². The fourth-order valence-corrected chi connectivity index (χ4v) is 9.95. The van der Waals surface area contributed by atoms with Crippen LogP contribution in [0, 0.1) is 5.82 Å². The molecule has 0 radical (unpaired) electrons. The van der Waals surface area contributed by atoms with Crippen LogP contribution in [0.25, 0.3) is 0 Å². The first-order valence-corrected chi connectivity index (χ1v) is 13.1. The second-order valence-electron chi connectivity index (χ2n) is 8.39. The highest BCUT2D eigenvalue weighted by molar-refractivity contribution is 7.96. The van der Waals surface area contributed by atoms with E-state index in [9.17, 15) is 9.18 Å². The normalized spacial score (nSPS) is 16.2. The summed E-state index contributed by atoms with van der Waals surface area (Å²) in [6, 6.07) is 38.2. The molecule has 0 N–H and O–H groups in total. The third-order valence-electron chi connectivity index (χ3n) is 6.55. The van der Waals surface area contributed by atoms with E-state index >= 15 is 0 Å². The second-order valence-corrected chi connectivity index (χ2v) is 12.0. The number of halogens is 1. The van der Waals surface area contributed by atoms with Gasteiger partial charge in [0.2, 0.25) is 0 Å². The van der Waals surface area contributed by atoms with Gasteiger partial charge in [0.15, 0.2) is 5.66 Å². The van der Waals surface area contributed by atoms with Gasteiger partial charge in [0.25, 0.3) is 5.91 Å². The van der Waals surface area contributed by atoms with Crippen LogP contribution >= 0.6 is 7.26 Å². The highest BCUT2D eigenvalue weighted by Gasteiger charge is 2.58. The topological polar surface area (TPSA) is 20.3 Å². The van der Waals surface area contributed by atoms with Crippen LogP contribution < -0.4 is 15.9 Å². The van der Waals surface area contributed by atoms with Crippen molar-refractivity contribution < 1.29 is 9.18 Å². The molecule has 1 aliphatic rings. The molecule has 4 heteroatoms. The Morgan fingerprint density at radius 3 is 1.64 bits per heavy atom. The summed E-state index contributed by atoms with van der Waals surface area (Å²) < 4.78 is 14.4. The van der Waals surface area contributed by atoms with Crippen molar-refractivity contribution in [3.05, 3.63) is 127 Å². The minimum atomic E-state index is -2.30. The molecule has 0 aromatic heterocycles. The van der Waals surface area contributed by atoms with E-state index in [2.05, 4.69) is 72.8 Å². The van der Waals surface area contributed by atoms with Gasteiger partial charge in [-0.2, -0.15) is 0 Å². The molecule has 1 aliphatic heterocycles. The molecule has 1 atom stereocenters. The van der Waals surface area contributed by atoms with E-state index in [1.807, 2.05) is 29.2 Å². The van der Waals surface area contributed by atoms with Crippen molar-refractivity contribution in [1.29, 1.82) is 0 Å². The van der Waals surface area contributed by atoms with E-state index < -0.39 is 7.26 Å². The Hall–Kier alpha value is -3.29. The molecule has 0 saturated carbocycles. The largest absolute Gasteiger partial charge is 0.335 e. The van der Waals surface area contributed by atoms with Crippen molar-refractivity contribution in [1.82, 2.24) is 4.90 Å². The number of hydrogen-bond acceptors (Lipinski definition) is 1. The molecule has 0 aliphatic carbocycles. The summed E-state index contributed by atoms with van der Waals surface area (Å²) in [7, 11) is -2.30. The number of likely N-dealkylation sites (tertiary alicyclic amines) is 1. The number of hydrogen-bond donors (Lipinski definition) is 0. The van der Waals surface area contributed by atoms with Crippen molar-refractivity contribution in [3.8, 4) is 0 Å². The predicted molar refractivity (Wildman–Crippen MR) is 135 cm³/mol. The smallest absolute Gasteiger partial charge is 0.264 e. The van der Waals surface area contributed by atoms with Gasteiger partial charge in [-0.25, -0.2) is 4.39 Å². The third kappa shape index (κ3) is 3.87. The molecular weight excluding hydrogens is 428 g/mol. The fourth-order valence-electron chi connectivity index (χ4n) is 5.05. The zero-order valence-corrected chi connectivity index (χ0v) is 19.2. The molecule has 1 fully saturated rings. The van der Waals surface area contributed by atoms with Crippen LogP contribution in [0.3, 0.4) is 0 Å². The van der Waals surface area contributed by atoms with Gasteiger partial charge in [0.1, 0.15) is 29.0 Å². The first kappa shape index (κ1) is 21.6. The zero-order chi connectivity index (χ0) is 22.7. The molecule has 0 spiro atoms. The number of amides is 1. The number of rotatable bonds is 6. The van der Waals surface area contributed by atoms with Crippen molar-refractivity contribution in [2.24, 2.45) is 0 Å². The molecule has 1 saturated heterocycles. The third-order valence-corrected chi connectivity index (χ3v) is 11.3. The van der Waals surface area contributed by atoms with Crippen LogP contribution in [0.15, 0.2) is 115 Å². The van der Waals surface area contributed by atoms with Crippen LogP contribution in [-0.4, -0.2) is 23.0 Å². The van der Waals surface area contributed by atoms with Crippen LogP contribution in [-0.2, 0) is 11.3 Å². The van der Waals surface area contributed by atoms with E-state index in [0.29, 0.717) is 18.7 Å². The Bertz CT molecular complexity index is 1130. The Kier molecular flexibility index (Phi) is 6.07. The Morgan fingerprint density at radius 1 is 0.697 bits per heavy atom. The van der Waals surface area contributed by atoms with Crippen LogP contribution in [0.1, 0.15) is 12.0 Å². The molecule has 4 aromatic carbocycles. The number of carbonyl (C=O) groups excluding carboxylic acids is 1. The molecule has 164 valence electrons. The first-order chi connectivity index (χ1) is 16.2. The molecule has 1 amide bonds. The SMILES string of the molecule is O=C1C([P+](c2ccccc2)(c2ccccc2)c2ccccc2)CCN1Cc1ccccc1F. The molecule has 2 nitrogen and oxygen atoms in total. The van der Waals surface area contributed by atoms with Crippen molar-refractivity contribution in [2.75, 3.05) is 6.54 Å². The molecule has 4 aromatic rings. The summed E-state index contributed by atoms with van der Waals surface area (Å²) in [4.78, 5) is 15.9. The Balaban J connectivity index is 1.65. The molecule has 1 unspecified atom stereocenters. The summed E-state index contributed by atoms with van der Waals surface area (Å²) in [5.41, 5.74) is 0.381. The maximum atomic E-state index is 14.4. The lowest BCUT2D eigenvalue weighted by molar-refractivity contribution is -0.127. The lowest BCUT2D eigenvalue weighted by Crippen LogP contribution is -2.42. The maximum Gasteiger partial charge on any atom is 0.264 e. The van der Waals surface area contributed by atoms with Crippen LogP contribution in [0.4, 0.5) is 4.39 Å². The minimum absolute atomic E-state index is 0.114. The highest BCUT2D eigenvalue weighted by atomic mass is 31.2. The number of carbonyl (C=O) groups is 1. The van der Waals surface area contributed by atoms with E-state index in [0.717, 1.165) is 6.42 Å². The summed E-state index contributed by atoms with van der Waals surface area (Å²) in [6.45, 7) is 0.937. The van der Waals surface area contributed by atoms with Gasteiger partial charge in [-0.1, -0.05) is 72.8 Å². The first-order valence-electron chi connectivity index (χ1n) is 11.3. The van der Waals surface area contributed by atoms with Crippen molar-refractivity contribution >= 4 is 29.1 Å². The highest BCUT2D eigenvalue weighted by Crippen LogP contribution is 2.62. The van der Waals surface area contributed by atoms with Crippen molar-refractivity contribution in [2.45, 2.75) is 18.6 Å². The summed E-state index contributed by atoms with van der Waals surface area (Å²) in [6.07, 6.45) is 0.750. The van der Waals surface area contributed by atoms with Gasteiger partial charge in [0.05, 0.1) is 0 Å². The van der Waals surface area contributed by atoms with Crippen molar-refractivity contribution in [3.63, 3.8) is 0 Å². The van der Waals surface area contributed by atoms with Gasteiger partial charge < -0.3 is 4.90 Å². The lowest BCUT2D eigenvalue weighted by Gasteiger charge is -2.32. The quantitative estimate of drug-likeness (QED) is 0.379. The van der Waals surface area contributed by atoms with Crippen LogP contribution in [0.5, 0.6) is 0 Å². The molecule has 33 heavy (non-hydrogen) atoms. The minimum Gasteiger partial charge on any atom is -0.335 e. The van der Waals surface area contributed by atoms with E-state index in [-0.39, 0.29) is 17.4 Å². The molecule has 5 rings (SSSR count). The molecular formula is C29H26FNOP+. The van der Waals surface area contributed by atoms with Gasteiger partial charge in [-0.05, 0) is 42.5 Å². The molecule has 1 heterocycles. The summed E-state index contributed by atoms with van der Waals surface area (Å²) >= 11 is 0. The summed E-state index contributed by atoms with van der Waals surface area (Å²) in [5.74, 6) is -0.146. The maximum absolute atomic E-state index is 14.4. The van der Waals surface area contributed by atoms with Gasteiger partial charge >= 0.3 is 0 Å². The van der Waals surface area contributed by atoms with Gasteiger partial charge in [-0.3, -0.25) is 4.79 Å². The Morgan fingerprint density at radius 2 is 1.15 bits per heavy atom.